The minimum absolute atomic E-state index is 0.858. The molecule has 3 heteroatoms. The summed E-state index contributed by atoms with van der Waals surface area (Å²) < 4.78 is 9.48. The van der Waals surface area contributed by atoms with Crippen molar-refractivity contribution in [1.82, 2.24) is 0 Å². The largest absolute Gasteiger partial charge is 0.455 e. The van der Waals surface area contributed by atoms with Crippen LogP contribution in [0.1, 0.15) is 0 Å². The summed E-state index contributed by atoms with van der Waals surface area (Å²) in [6.07, 6.45) is 0. The van der Waals surface area contributed by atoms with Gasteiger partial charge in [-0.15, -0.1) is 11.3 Å². The fraction of sp³-hybridized carbons (Fsp3) is 0. The molecule has 2 nitrogen and oxygen atoms in total. The highest BCUT2D eigenvalue weighted by molar-refractivity contribution is 7.25. The monoisotopic (exact) mass is 719 g/mol. The van der Waals surface area contributed by atoms with Gasteiger partial charge < -0.3 is 9.32 Å². The molecule has 11 aromatic rings. The van der Waals surface area contributed by atoms with Crippen LogP contribution in [0.5, 0.6) is 0 Å². The molecule has 0 atom stereocenters. The number of hydrogen-bond donors (Lipinski definition) is 0. The zero-order valence-corrected chi connectivity index (χ0v) is 30.6. The Morgan fingerprint density at radius 2 is 0.945 bits per heavy atom. The SMILES string of the molecule is c1ccc(-c2ccccc2-c2cccc3c2oc2cc(N(c4ccc(-c5cccc6ccccc56)cc4)c4ccc5sc6ccccc6c5c4)ccc23)cc1. The fourth-order valence-electron chi connectivity index (χ4n) is 8.29. The second-order valence-electron chi connectivity index (χ2n) is 14.1. The van der Waals surface area contributed by atoms with Crippen LogP contribution < -0.4 is 4.90 Å². The molecule has 0 aliphatic carbocycles. The fourth-order valence-corrected chi connectivity index (χ4v) is 9.38. The Labute approximate surface area is 322 Å². The van der Waals surface area contributed by atoms with Gasteiger partial charge in [0.1, 0.15) is 11.2 Å². The number of anilines is 3. The molecule has 0 radical (unpaired) electrons. The number of nitrogens with zero attached hydrogens (tertiary/aromatic N) is 1. The molecule has 0 bridgehead atoms. The minimum Gasteiger partial charge on any atom is -0.455 e. The summed E-state index contributed by atoms with van der Waals surface area (Å²) in [7, 11) is 0. The van der Waals surface area contributed by atoms with Gasteiger partial charge in [-0.2, -0.15) is 0 Å². The van der Waals surface area contributed by atoms with Crippen molar-refractivity contribution >= 4 is 81.3 Å². The van der Waals surface area contributed by atoms with E-state index in [1.54, 1.807) is 0 Å². The quantitative estimate of drug-likeness (QED) is 0.170. The number of furan rings is 1. The number of hydrogen-bond acceptors (Lipinski definition) is 3. The van der Waals surface area contributed by atoms with Gasteiger partial charge in [0.2, 0.25) is 0 Å². The van der Waals surface area contributed by atoms with Gasteiger partial charge >= 0.3 is 0 Å². The van der Waals surface area contributed by atoms with E-state index >= 15 is 0 Å². The van der Waals surface area contributed by atoms with Crippen LogP contribution in [0.15, 0.2) is 205 Å². The first-order valence-corrected chi connectivity index (χ1v) is 19.5. The molecule has 258 valence electrons. The number of fused-ring (bicyclic) bond motifs is 7. The van der Waals surface area contributed by atoms with Crippen LogP contribution in [-0.4, -0.2) is 0 Å². The van der Waals surface area contributed by atoms with Crippen LogP contribution in [-0.2, 0) is 0 Å². The summed E-state index contributed by atoms with van der Waals surface area (Å²) in [5.41, 5.74) is 12.0. The van der Waals surface area contributed by atoms with E-state index in [-0.39, 0.29) is 0 Å². The highest BCUT2D eigenvalue weighted by Crippen LogP contribution is 2.44. The van der Waals surface area contributed by atoms with Crippen molar-refractivity contribution < 1.29 is 4.42 Å². The Morgan fingerprint density at radius 3 is 1.84 bits per heavy atom. The summed E-state index contributed by atoms with van der Waals surface area (Å²) in [6, 6.07) is 72.0. The number of rotatable bonds is 6. The highest BCUT2D eigenvalue weighted by Gasteiger charge is 2.19. The second-order valence-corrected chi connectivity index (χ2v) is 15.1. The molecule has 0 unspecified atom stereocenters. The third-order valence-corrected chi connectivity index (χ3v) is 12.0. The molecule has 0 aliphatic rings. The summed E-state index contributed by atoms with van der Waals surface area (Å²) in [4.78, 5) is 2.36. The zero-order chi connectivity index (χ0) is 36.3. The molecule has 9 aromatic carbocycles. The standard InChI is InChI=1S/C52H33NOS/c1-2-12-34(13-3-1)42-17-6-7-18-43(42)46-21-11-22-47-44-30-28-39(33-49(44)54-52(46)47)53(38-29-31-51-48(32-38)45-19-8-9-23-50(45)55-51)37-26-24-36(25-27-37)41-20-10-15-35-14-4-5-16-40(35)41/h1-33H. The van der Waals surface area contributed by atoms with E-state index in [1.165, 1.54) is 53.2 Å². The molecule has 11 rings (SSSR count). The van der Waals surface area contributed by atoms with E-state index in [0.29, 0.717) is 0 Å². The molecule has 2 aromatic heterocycles. The highest BCUT2D eigenvalue weighted by atomic mass is 32.1. The molecular weight excluding hydrogens is 687 g/mol. The maximum atomic E-state index is 6.90. The van der Waals surface area contributed by atoms with E-state index in [2.05, 4.69) is 205 Å². The van der Waals surface area contributed by atoms with Gasteiger partial charge in [0, 0.05) is 59.6 Å². The van der Waals surface area contributed by atoms with Gasteiger partial charge in [0.05, 0.1) is 0 Å². The van der Waals surface area contributed by atoms with Crippen molar-refractivity contribution in [3.05, 3.63) is 200 Å². The topological polar surface area (TPSA) is 16.4 Å². The smallest absolute Gasteiger partial charge is 0.143 e. The van der Waals surface area contributed by atoms with Crippen molar-refractivity contribution in [2.75, 3.05) is 4.90 Å². The first kappa shape index (κ1) is 31.6. The maximum absolute atomic E-state index is 6.90. The van der Waals surface area contributed by atoms with Crippen LogP contribution in [0.2, 0.25) is 0 Å². The van der Waals surface area contributed by atoms with Crippen LogP contribution in [0.3, 0.4) is 0 Å². The van der Waals surface area contributed by atoms with E-state index in [1.807, 2.05) is 11.3 Å². The lowest BCUT2D eigenvalue weighted by Crippen LogP contribution is -2.09. The first-order valence-electron chi connectivity index (χ1n) is 18.7. The number of para-hydroxylation sites is 1. The Bertz CT molecular complexity index is 3200. The van der Waals surface area contributed by atoms with Crippen LogP contribution in [0.25, 0.3) is 86.3 Å². The lowest BCUT2D eigenvalue weighted by Gasteiger charge is -2.26. The third kappa shape index (κ3) is 5.32. The van der Waals surface area contributed by atoms with Gasteiger partial charge in [-0.05, 0) is 87.1 Å². The van der Waals surface area contributed by atoms with Gasteiger partial charge in [-0.25, -0.2) is 0 Å². The summed E-state index contributed by atoms with van der Waals surface area (Å²) in [5.74, 6) is 0. The Hall–Kier alpha value is -6.94. The Morgan fingerprint density at radius 1 is 0.345 bits per heavy atom. The first-order chi connectivity index (χ1) is 27.3. The number of thiophene rings is 1. The molecule has 0 spiro atoms. The normalized spacial score (nSPS) is 11.6. The van der Waals surface area contributed by atoms with Crippen molar-refractivity contribution in [3.63, 3.8) is 0 Å². The van der Waals surface area contributed by atoms with Gasteiger partial charge in [0.25, 0.3) is 0 Å². The third-order valence-electron chi connectivity index (χ3n) is 10.9. The molecule has 0 fully saturated rings. The lowest BCUT2D eigenvalue weighted by atomic mass is 9.93. The molecule has 0 amide bonds. The molecule has 55 heavy (non-hydrogen) atoms. The average Bonchev–Trinajstić information content (AvgIpc) is 3.82. The van der Waals surface area contributed by atoms with E-state index in [4.69, 9.17) is 4.42 Å². The average molecular weight is 720 g/mol. The predicted molar refractivity (Wildman–Crippen MR) is 235 cm³/mol. The Kier molecular flexibility index (Phi) is 7.39. The summed E-state index contributed by atoms with van der Waals surface area (Å²) in [6.45, 7) is 0. The minimum atomic E-state index is 0.858. The summed E-state index contributed by atoms with van der Waals surface area (Å²) >= 11 is 1.84. The van der Waals surface area contributed by atoms with Crippen LogP contribution in [0.4, 0.5) is 17.1 Å². The molecular formula is C52H33NOS. The Balaban J connectivity index is 1.08. The molecule has 2 heterocycles. The van der Waals surface area contributed by atoms with Gasteiger partial charge in [-0.1, -0.05) is 146 Å². The maximum Gasteiger partial charge on any atom is 0.143 e. The van der Waals surface area contributed by atoms with Crippen molar-refractivity contribution in [1.29, 1.82) is 0 Å². The molecule has 0 N–H and O–H groups in total. The second kappa shape index (κ2) is 12.9. The van der Waals surface area contributed by atoms with Gasteiger partial charge in [0.15, 0.2) is 0 Å². The van der Waals surface area contributed by atoms with E-state index in [0.717, 1.165) is 50.1 Å². The zero-order valence-electron chi connectivity index (χ0n) is 29.8. The molecule has 0 saturated heterocycles. The number of benzene rings is 9. The van der Waals surface area contributed by atoms with Crippen LogP contribution in [0, 0.1) is 0 Å². The molecule has 0 aliphatic heterocycles. The van der Waals surface area contributed by atoms with E-state index in [9.17, 15) is 0 Å². The van der Waals surface area contributed by atoms with E-state index < -0.39 is 0 Å². The van der Waals surface area contributed by atoms with Crippen molar-refractivity contribution in [3.8, 4) is 33.4 Å². The molecule has 0 saturated carbocycles. The van der Waals surface area contributed by atoms with Crippen LogP contribution >= 0.6 is 11.3 Å². The lowest BCUT2D eigenvalue weighted by molar-refractivity contribution is 0.670. The van der Waals surface area contributed by atoms with Crippen molar-refractivity contribution in [2.45, 2.75) is 0 Å². The van der Waals surface area contributed by atoms with Crippen molar-refractivity contribution in [2.24, 2.45) is 0 Å². The van der Waals surface area contributed by atoms with Gasteiger partial charge in [-0.3, -0.25) is 0 Å². The predicted octanol–water partition coefficient (Wildman–Crippen LogP) is 15.6. The summed E-state index contributed by atoms with van der Waals surface area (Å²) in [5, 5.41) is 7.26.